The second kappa shape index (κ2) is 5.87. The van der Waals surface area contributed by atoms with Gasteiger partial charge >= 0.3 is 0 Å². The van der Waals surface area contributed by atoms with Crippen molar-refractivity contribution in [2.45, 2.75) is 37.0 Å². The Bertz CT molecular complexity index is 601. The fourth-order valence-electron chi connectivity index (χ4n) is 2.84. The van der Waals surface area contributed by atoms with Crippen molar-refractivity contribution in [3.63, 3.8) is 0 Å². The molecule has 5 heteroatoms. The number of thioether (sulfide) groups is 1. The molecule has 0 radical (unpaired) electrons. The lowest BCUT2D eigenvalue weighted by Gasteiger charge is -2.31. The van der Waals surface area contributed by atoms with Gasteiger partial charge in [0.2, 0.25) is 0 Å². The van der Waals surface area contributed by atoms with Gasteiger partial charge in [-0.1, -0.05) is 25.0 Å². The van der Waals surface area contributed by atoms with Gasteiger partial charge in [-0.3, -0.25) is 0 Å². The summed E-state index contributed by atoms with van der Waals surface area (Å²) in [5.41, 5.74) is 7.79. The molecule has 1 aliphatic rings. The molecule has 4 nitrogen and oxygen atoms in total. The second-order valence-electron chi connectivity index (χ2n) is 5.26. The van der Waals surface area contributed by atoms with E-state index < -0.39 is 0 Å². The maximum atomic E-state index is 6.05. The fraction of sp³-hybridized carbons (Fsp3) is 0.467. The molecule has 2 atom stereocenters. The average molecular weight is 288 g/mol. The van der Waals surface area contributed by atoms with Crippen LogP contribution in [0.1, 0.15) is 25.7 Å². The number of fused-ring (bicyclic) bond motifs is 1. The first kappa shape index (κ1) is 13.5. The van der Waals surface area contributed by atoms with Gasteiger partial charge in [0.15, 0.2) is 11.6 Å². The van der Waals surface area contributed by atoms with Crippen molar-refractivity contribution in [2.75, 3.05) is 17.3 Å². The lowest BCUT2D eigenvalue weighted by molar-refractivity contribution is 0.474. The minimum atomic E-state index is 0.441. The van der Waals surface area contributed by atoms with E-state index in [0.717, 1.165) is 16.9 Å². The number of hydrogen-bond donors (Lipinski definition) is 2. The molecule has 20 heavy (non-hydrogen) atoms. The Labute approximate surface area is 123 Å². The van der Waals surface area contributed by atoms with E-state index in [0.29, 0.717) is 17.1 Å². The van der Waals surface area contributed by atoms with Gasteiger partial charge in [0.25, 0.3) is 0 Å². The first-order valence-electron chi connectivity index (χ1n) is 7.09. The molecule has 1 aromatic carbocycles. The zero-order valence-corrected chi connectivity index (χ0v) is 12.5. The second-order valence-corrected chi connectivity index (χ2v) is 6.33. The Morgan fingerprint density at radius 1 is 1.15 bits per heavy atom. The topological polar surface area (TPSA) is 63.8 Å². The number of benzene rings is 1. The van der Waals surface area contributed by atoms with Crippen molar-refractivity contribution < 1.29 is 0 Å². The summed E-state index contributed by atoms with van der Waals surface area (Å²) in [7, 11) is 0. The van der Waals surface area contributed by atoms with Gasteiger partial charge in [0.1, 0.15) is 0 Å². The van der Waals surface area contributed by atoms with Crippen LogP contribution in [0.4, 0.5) is 11.6 Å². The molecule has 2 unspecified atom stereocenters. The SMILES string of the molecule is CSC1CCCCC1Nc1nc2ccccc2nc1N. The number of nitrogens with two attached hydrogens (primary N) is 1. The van der Waals surface area contributed by atoms with E-state index >= 15 is 0 Å². The van der Waals surface area contributed by atoms with Gasteiger partial charge in [0.05, 0.1) is 11.0 Å². The average Bonchev–Trinajstić information content (AvgIpc) is 2.48. The molecule has 0 aliphatic heterocycles. The van der Waals surface area contributed by atoms with Crippen LogP contribution in [-0.2, 0) is 0 Å². The first-order chi connectivity index (χ1) is 9.78. The molecule has 1 fully saturated rings. The zero-order chi connectivity index (χ0) is 13.9. The molecule has 0 amide bonds. The van der Waals surface area contributed by atoms with E-state index in [9.17, 15) is 0 Å². The van der Waals surface area contributed by atoms with E-state index in [1.807, 2.05) is 36.0 Å². The minimum absolute atomic E-state index is 0.441. The standard InChI is InChI=1S/C15H20N4S/c1-20-13-9-5-4-8-12(13)19-15-14(16)17-10-6-2-3-7-11(10)18-15/h2-3,6-7,12-13H,4-5,8-9H2,1H3,(H2,16,17)(H,18,19). The lowest BCUT2D eigenvalue weighted by atomic mass is 9.95. The summed E-state index contributed by atoms with van der Waals surface area (Å²) in [6.07, 6.45) is 7.22. The van der Waals surface area contributed by atoms with Gasteiger partial charge in [-0.2, -0.15) is 11.8 Å². The molecule has 0 bridgehead atoms. The number of aromatic nitrogens is 2. The third-order valence-corrected chi connectivity index (χ3v) is 5.09. The van der Waals surface area contributed by atoms with E-state index in [-0.39, 0.29) is 0 Å². The summed E-state index contributed by atoms with van der Waals surface area (Å²) in [6.45, 7) is 0. The summed E-state index contributed by atoms with van der Waals surface area (Å²) in [5, 5.41) is 4.16. The number of anilines is 2. The van der Waals surface area contributed by atoms with Crippen molar-refractivity contribution in [1.82, 2.24) is 9.97 Å². The van der Waals surface area contributed by atoms with Gasteiger partial charge < -0.3 is 11.1 Å². The van der Waals surface area contributed by atoms with Gasteiger partial charge in [-0.15, -0.1) is 0 Å². The van der Waals surface area contributed by atoms with E-state index in [2.05, 4.69) is 21.5 Å². The van der Waals surface area contributed by atoms with Crippen LogP contribution in [0.2, 0.25) is 0 Å². The Kier molecular flexibility index (Phi) is 3.96. The minimum Gasteiger partial charge on any atom is -0.381 e. The quantitative estimate of drug-likeness (QED) is 0.907. The molecule has 1 aromatic heterocycles. The summed E-state index contributed by atoms with van der Waals surface area (Å²) < 4.78 is 0. The molecule has 3 rings (SSSR count). The molecular weight excluding hydrogens is 268 g/mol. The van der Waals surface area contributed by atoms with Crippen LogP contribution in [0.5, 0.6) is 0 Å². The molecule has 1 heterocycles. The van der Waals surface area contributed by atoms with Crippen LogP contribution in [-0.4, -0.2) is 27.5 Å². The number of nitrogen functional groups attached to an aromatic ring is 1. The third-order valence-electron chi connectivity index (χ3n) is 3.92. The van der Waals surface area contributed by atoms with Crippen molar-refractivity contribution in [3.8, 4) is 0 Å². The summed E-state index contributed by atoms with van der Waals surface area (Å²) in [5.74, 6) is 1.23. The van der Waals surface area contributed by atoms with Crippen LogP contribution >= 0.6 is 11.8 Å². The molecule has 2 aromatic rings. The van der Waals surface area contributed by atoms with Gasteiger partial charge in [0, 0.05) is 11.3 Å². The summed E-state index contributed by atoms with van der Waals surface area (Å²) in [6, 6.07) is 8.28. The number of hydrogen-bond acceptors (Lipinski definition) is 5. The molecule has 1 saturated carbocycles. The lowest BCUT2D eigenvalue weighted by Crippen LogP contribution is -2.34. The van der Waals surface area contributed by atoms with E-state index in [1.165, 1.54) is 25.7 Å². The Morgan fingerprint density at radius 2 is 1.85 bits per heavy atom. The highest BCUT2D eigenvalue weighted by molar-refractivity contribution is 7.99. The van der Waals surface area contributed by atoms with Gasteiger partial charge in [-0.25, -0.2) is 9.97 Å². The largest absolute Gasteiger partial charge is 0.381 e. The normalized spacial score (nSPS) is 22.9. The predicted octanol–water partition coefficient (Wildman–Crippen LogP) is 3.30. The highest BCUT2D eigenvalue weighted by Gasteiger charge is 2.25. The van der Waals surface area contributed by atoms with Crippen LogP contribution in [0.25, 0.3) is 11.0 Å². The summed E-state index contributed by atoms with van der Waals surface area (Å²) >= 11 is 1.93. The number of rotatable bonds is 3. The predicted molar refractivity (Wildman–Crippen MR) is 87.1 cm³/mol. The summed E-state index contributed by atoms with van der Waals surface area (Å²) in [4.78, 5) is 9.07. The molecule has 0 saturated heterocycles. The van der Waals surface area contributed by atoms with Crippen molar-refractivity contribution in [1.29, 1.82) is 0 Å². The maximum Gasteiger partial charge on any atom is 0.169 e. The molecule has 3 N–H and O–H groups in total. The van der Waals surface area contributed by atoms with Crippen molar-refractivity contribution in [2.24, 2.45) is 0 Å². The monoisotopic (exact) mass is 288 g/mol. The molecule has 106 valence electrons. The number of para-hydroxylation sites is 2. The highest BCUT2D eigenvalue weighted by Crippen LogP contribution is 2.30. The Balaban J connectivity index is 1.87. The molecule has 1 aliphatic carbocycles. The molecular formula is C15H20N4S. The first-order valence-corrected chi connectivity index (χ1v) is 8.38. The smallest absolute Gasteiger partial charge is 0.169 e. The van der Waals surface area contributed by atoms with E-state index in [4.69, 9.17) is 5.73 Å². The van der Waals surface area contributed by atoms with E-state index in [1.54, 1.807) is 0 Å². The van der Waals surface area contributed by atoms with Crippen molar-refractivity contribution in [3.05, 3.63) is 24.3 Å². The third kappa shape index (κ3) is 2.68. The fourth-order valence-corrected chi connectivity index (χ4v) is 3.77. The van der Waals surface area contributed by atoms with Crippen LogP contribution in [0.3, 0.4) is 0 Å². The number of nitrogens with one attached hydrogen (secondary N) is 1. The van der Waals surface area contributed by atoms with Crippen LogP contribution in [0.15, 0.2) is 24.3 Å². The number of nitrogens with zero attached hydrogens (tertiary/aromatic N) is 2. The molecule has 0 spiro atoms. The van der Waals surface area contributed by atoms with Crippen LogP contribution in [0, 0.1) is 0 Å². The Morgan fingerprint density at radius 3 is 2.60 bits per heavy atom. The van der Waals surface area contributed by atoms with Crippen LogP contribution < -0.4 is 11.1 Å². The van der Waals surface area contributed by atoms with Crippen molar-refractivity contribution >= 4 is 34.4 Å². The Hall–Kier alpha value is -1.49. The maximum absolute atomic E-state index is 6.05. The van der Waals surface area contributed by atoms with Gasteiger partial charge in [-0.05, 0) is 31.2 Å². The zero-order valence-electron chi connectivity index (χ0n) is 11.7. The highest BCUT2D eigenvalue weighted by atomic mass is 32.2.